The molecule has 3 N–H and O–H groups in total. The van der Waals surface area contributed by atoms with Gasteiger partial charge in [-0.05, 0) is 23.8 Å². The minimum absolute atomic E-state index is 0.0963. The third kappa shape index (κ3) is 4.77. The topological polar surface area (TPSA) is 134 Å². The van der Waals surface area contributed by atoms with Crippen molar-refractivity contribution in [2.24, 2.45) is 0 Å². The van der Waals surface area contributed by atoms with Crippen LogP contribution in [0.2, 0.25) is 0 Å². The van der Waals surface area contributed by atoms with Crippen molar-refractivity contribution in [1.29, 1.82) is 0 Å². The molecular weight excluding hydrogens is 330 g/mol. The molecule has 1 aromatic carbocycles. The fourth-order valence-corrected chi connectivity index (χ4v) is 2.20. The lowest BCUT2D eigenvalue weighted by atomic mass is 10.0. The molecule has 8 heteroatoms. The Labute approximate surface area is 142 Å². The Hall–Kier alpha value is -3.42. The molecular formula is C17H15NO7. The van der Waals surface area contributed by atoms with Crippen LogP contribution in [0.4, 0.5) is 0 Å². The first-order valence-electron chi connectivity index (χ1n) is 7.28. The Balaban J connectivity index is 2.18. The first kappa shape index (κ1) is 17.9. The average Bonchev–Trinajstić information content (AvgIpc) is 3.08. The summed E-state index contributed by atoms with van der Waals surface area (Å²) >= 11 is 0. The van der Waals surface area contributed by atoms with Gasteiger partial charge in [0.1, 0.15) is 6.04 Å². The maximum atomic E-state index is 12.3. The van der Waals surface area contributed by atoms with E-state index in [1.54, 1.807) is 24.3 Å². The van der Waals surface area contributed by atoms with Gasteiger partial charge in [-0.15, -0.1) is 0 Å². The fraction of sp³-hybridized carbons (Fsp3) is 0.176. The van der Waals surface area contributed by atoms with Crippen molar-refractivity contribution < 1.29 is 33.8 Å². The Kier molecular flexibility index (Phi) is 5.67. The molecule has 0 radical (unpaired) electrons. The number of Topliss-reactive ketones (excluding diaryl/α,β-unsaturated/α-hetero) is 1. The molecule has 0 aliphatic rings. The average molecular weight is 345 g/mol. The van der Waals surface area contributed by atoms with Gasteiger partial charge in [0.05, 0.1) is 12.7 Å². The summed E-state index contributed by atoms with van der Waals surface area (Å²) in [4.78, 5) is 46.2. The molecule has 1 aromatic heterocycles. The third-order valence-corrected chi connectivity index (χ3v) is 3.39. The van der Waals surface area contributed by atoms with E-state index in [-0.39, 0.29) is 23.5 Å². The molecule has 1 unspecified atom stereocenters. The number of ketones is 1. The first-order valence-corrected chi connectivity index (χ1v) is 7.28. The molecule has 0 aliphatic heterocycles. The predicted octanol–water partition coefficient (Wildman–Crippen LogP) is 1.36. The molecule has 130 valence electrons. The van der Waals surface area contributed by atoms with Crippen molar-refractivity contribution in [3.63, 3.8) is 0 Å². The van der Waals surface area contributed by atoms with Gasteiger partial charge in [-0.2, -0.15) is 0 Å². The van der Waals surface area contributed by atoms with Gasteiger partial charge >= 0.3 is 11.9 Å². The van der Waals surface area contributed by atoms with Crippen molar-refractivity contribution in [3.8, 4) is 0 Å². The van der Waals surface area contributed by atoms with Gasteiger partial charge in [0.15, 0.2) is 5.76 Å². The van der Waals surface area contributed by atoms with Crippen LogP contribution in [-0.4, -0.2) is 39.9 Å². The number of rotatable bonds is 8. The van der Waals surface area contributed by atoms with Crippen molar-refractivity contribution in [2.45, 2.75) is 18.9 Å². The normalized spacial score (nSPS) is 11.5. The summed E-state index contributed by atoms with van der Waals surface area (Å²) in [5.41, 5.74) is 0.472. The Bertz CT molecular complexity index is 795. The van der Waals surface area contributed by atoms with Crippen LogP contribution in [0, 0.1) is 0 Å². The summed E-state index contributed by atoms with van der Waals surface area (Å²) in [5.74, 6) is -3.78. The molecule has 1 heterocycles. The third-order valence-electron chi connectivity index (χ3n) is 3.39. The molecule has 0 aliphatic carbocycles. The zero-order valence-electron chi connectivity index (χ0n) is 13.0. The highest BCUT2D eigenvalue weighted by molar-refractivity contribution is 6.01. The molecule has 2 aromatic rings. The smallest absolute Gasteiger partial charge is 0.326 e. The molecule has 0 saturated heterocycles. The van der Waals surface area contributed by atoms with E-state index in [0.29, 0.717) is 5.56 Å². The standard InChI is InChI=1S/C17H15NO7/c19-13(14-6-3-7-25-14)8-10-4-1-2-5-11(10)16(22)18-12(17(23)24)9-15(20)21/h1-7,12H,8-9H2,(H,18,22)(H,20,21)(H,23,24). The maximum absolute atomic E-state index is 12.3. The van der Waals surface area contributed by atoms with Gasteiger partial charge in [-0.3, -0.25) is 14.4 Å². The van der Waals surface area contributed by atoms with Crippen LogP contribution in [0.5, 0.6) is 0 Å². The Morgan fingerprint density at radius 3 is 2.36 bits per heavy atom. The van der Waals surface area contributed by atoms with Crippen LogP contribution in [0.15, 0.2) is 47.1 Å². The molecule has 2 rings (SSSR count). The van der Waals surface area contributed by atoms with E-state index in [1.807, 2.05) is 0 Å². The first-order chi connectivity index (χ1) is 11.9. The minimum Gasteiger partial charge on any atom is -0.481 e. The van der Waals surface area contributed by atoms with Crippen LogP contribution in [0.3, 0.4) is 0 Å². The Morgan fingerprint density at radius 2 is 1.76 bits per heavy atom. The van der Waals surface area contributed by atoms with Gasteiger partial charge < -0.3 is 19.9 Å². The van der Waals surface area contributed by atoms with Crippen LogP contribution in [-0.2, 0) is 16.0 Å². The van der Waals surface area contributed by atoms with E-state index >= 15 is 0 Å². The number of carboxylic acid groups (broad SMARTS) is 2. The largest absolute Gasteiger partial charge is 0.481 e. The second kappa shape index (κ2) is 7.91. The lowest BCUT2D eigenvalue weighted by Crippen LogP contribution is -2.42. The van der Waals surface area contributed by atoms with Gasteiger partial charge in [0.2, 0.25) is 5.78 Å². The van der Waals surface area contributed by atoms with Gasteiger partial charge in [-0.1, -0.05) is 18.2 Å². The lowest BCUT2D eigenvalue weighted by Gasteiger charge is -2.14. The van der Waals surface area contributed by atoms with E-state index in [4.69, 9.17) is 14.6 Å². The molecule has 8 nitrogen and oxygen atoms in total. The lowest BCUT2D eigenvalue weighted by molar-refractivity contribution is -0.145. The summed E-state index contributed by atoms with van der Waals surface area (Å²) in [6, 6.07) is 7.67. The molecule has 0 saturated carbocycles. The molecule has 25 heavy (non-hydrogen) atoms. The van der Waals surface area contributed by atoms with Crippen LogP contribution >= 0.6 is 0 Å². The number of carboxylic acids is 2. The highest BCUT2D eigenvalue weighted by atomic mass is 16.4. The number of furan rings is 1. The highest BCUT2D eigenvalue weighted by Crippen LogP contribution is 2.14. The summed E-state index contributed by atoms with van der Waals surface area (Å²) in [6.07, 6.45) is 0.484. The molecule has 0 spiro atoms. The molecule has 1 atom stereocenters. The molecule has 1 amide bonds. The number of hydrogen-bond acceptors (Lipinski definition) is 5. The van der Waals surface area contributed by atoms with Gasteiger partial charge in [0.25, 0.3) is 5.91 Å². The number of aliphatic carboxylic acids is 2. The van der Waals surface area contributed by atoms with Crippen LogP contribution in [0.25, 0.3) is 0 Å². The fourth-order valence-electron chi connectivity index (χ4n) is 2.20. The summed E-state index contributed by atoms with van der Waals surface area (Å²) < 4.78 is 5.01. The number of benzene rings is 1. The maximum Gasteiger partial charge on any atom is 0.326 e. The predicted molar refractivity (Wildman–Crippen MR) is 84.3 cm³/mol. The zero-order valence-corrected chi connectivity index (χ0v) is 13.0. The summed E-state index contributed by atoms with van der Waals surface area (Å²) in [7, 11) is 0. The monoisotopic (exact) mass is 345 g/mol. The van der Waals surface area contributed by atoms with Crippen LogP contribution < -0.4 is 5.32 Å². The number of nitrogens with one attached hydrogen (secondary N) is 1. The van der Waals surface area contributed by atoms with Crippen LogP contribution in [0.1, 0.15) is 32.9 Å². The number of carbonyl (C=O) groups excluding carboxylic acids is 2. The summed E-state index contributed by atoms with van der Waals surface area (Å²) in [5, 5.41) is 19.9. The van der Waals surface area contributed by atoms with E-state index in [9.17, 15) is 19.2 Å². The van der Waals surface area contributed by atoms with Crippen molar-refractivity contribution >= 4 is 23.6 Å². The zero-order chi connectivity index (χ0) is 18.4. The number of carbonyl (C=O) groups is 4. The van der Waals surface area contributed by atoms with Gasteiger partial charge in [0, 0.05) is 12.0 Å². The molecule has 0 bridgehead atoms. The van der Waals surface area contributed by atoms with E-state index in [2.05, 4.69) is 5.32 Å². The van der Waals surface area contributed by atoms with E-state index < -0.39 is 30.3 Å². The molecule has 0 fully saturated rings. The van der Waals surface area contributed by atoms with Crippen molar-refractivity contribution in [3.05, 3.63) is 59.5 Å². The SMILES string of the molecule is O=C(O)CC(NC(=O)c1ccccc1CC(=O)c1ccco1)C(=O)O. The Morgan fingerprint density at radius 1 is 1.04 bits per heavy atom. The van der Waals surface area contributed by atoms with Crippen molar-refractivity contribution in [2.75, 3.05) is 0 Å². The quantitative estimate of drug-likeness (QED) is 0.615. The minimum atomic E-state index is -1.57. The number of hydrogen-bond donors (Lipinski definition) is 3. The van der Waals surface area contributed by atoms with E-state index in [0.717, 1.165) is 0 Å². The van der Waals surface area contributed by atoms with Crippen molar-refractivity contribution in [1.82, 2.24) is 5.32 Å². The second-order valence-corrected chi connectivity index (χ2v) is 5.20. The summed E-state index contributed by atoms with van der Waals surface area (Å²) in [6.45, 7) is 0. The van der Waals surface area contributed by atoms with E-state index in [1.165, 1.54) is 18.4 Å². The second-order valence-electron chi connectivity index (χ2n) is 5.20. The highest BCUT2D eigenvalue weighted by Gasteiger charge is 2.25. The number of amides is 1. The van der Waals surface area contributed by atoms with Gasteiger partial charge in [-0.25, -0.2) is 4.79 Å².